The molecule has 0 aromatic carbocycles. The first-order chi connectivity index (χ1) is 35.0. The van der Waals surface area contributed by atoms with E-state index in [1.807, 2.05) is 20.8 Å². The highest BCUT2D eigenvalue weighted by Crippen LogP contribution is 2.17. The number of halogens is 1. The van der Waals surface area contributed by atoms with Crippen LogP contribution in [-0.4, -0.2) is 195 Å². The van der Waals surface area contributed by atoms with E-state index in [2.05, 4.69) is 59.4 Å². The summed E-state index contributed by atoms with van der Waals surface area (Å²) < 4.78 is 139. The van der Waals surface area contributed by atoms with Crippen molar-refractivity contribution in [3.05, 3.63) is 0 Å². The molecule has 3 aliphatic rings. The van der Waals surface area contributed by atoms with Crippen molar-refractivity contribution < 1.29 is 71.6 Å². The Labute approximate surface area is 465 Å². The van der Waals surface area contributed by atoms with Crippen LogP contribution in [0.3, 0.4) is 0 Å². The Morgan fingerprint density at radius 2 is 0.934 bits per heavy atom. The number of sulfonamides is 2. The topological polar surface area (TPSA) is 336 Å². The van der Waals surface area contributed by atoms with Gasteiger partial charge in [0.1, 0.15) is 11.2 Å². The van der Waals surface area contributed by atoms with Crippen LogP contribution >= 0.6 is 10.7 Å². The van der Waals surface area contributed by atoms with E-state index in [-0.39, 0.29) is 60.7 Å². The van der Waals surface area contributed by atoms with Gasteiger partial charge in [0.15, 0.2) is 0 Å². The number of piperidine rings is 3. The van der Waals surface area contributed by atoms with Crippen molar-refractivity contribution >= 4 is 72.2 Å². The molecule has 3 saturated heterocycles. The molecule has 0 bridgehead atoms. The number of hydrogen-bond donors (Lipinski definition) is 6. The van der Waals surface area contributed by atoms with E-state index in [4.69, 9.17) is 55.6 Å². The van der Waals surface area contributed by atoms with Gasteiger partial charge in [0.25, 0.3) is 20.2 Å². The van der Waals surface area contributed by atoms with Gasteiger partial charge in [-0.1, -0.05) is 34.6 Å². The lowest BCUT2D eigenvalue weighted by atomic mass is 10.1. The van der Waals surface area contributed by atoms with E-state index in [9.17, 15) is 51.7 Å². The van der Waals surface area contributed by atoms with E-state index in [0.29, 0.717) is 58.4 Å². The first-order valence-electron chi connectivity index (χ1n) is 25.2. The lowest BCUT2D eigenvalue weighted by Gasteiger charge is -2.32. The van der Waals surface area contributed by atoms with Gasteiger partial charge in [-0.05, 0) is 113 Å². The molecule has 0 aromatic heterocycles. The largest absolute Gasteiger partial charge is 0.444 e. The molecule has 7 N–H and O–H groups in total. The molecule has 23 nitrogen and oxygen atoms in total. The fraction of sp³-hybridized carbons (Fsp3) is 0.830. The zero-order valence-corrected chi connectivity index (χ0v) is 51.8. The minimum absolute atomic E-state index is 0.0202. The molecule has 76 heavy (non-hydrogen) atoms. The maximum atomic E-state index is 12.0. The summed E-state index contributed by atoms with van der Waals surface area (Å²) in [4.78, 5) is 25.4. The number of nitrogens with two attached hydrogens (primary N) is 1. The molecule has 3 heterocycles. The van der Waals surface area contributed by atoms with Gasteiger partial charge in [0, 0.05) is 75.6 Å². The van der Waals surface area contributed by atoms with Gasteiger partial charge in [-0.15, -0.1) is 37.0 Å². The second-order valence-electron chi connectivity index (χ2n) is 18.5. The number of ether oxygens (including phenoxy) is 2. The van der Waals surface area contributed by atoms with Crippen molar-refractivity contribution in [1.82, 2.24) is 29.5 Å². The quantitative estimate of drug-likeness (QED) is 0.0850. The molecular formula is C47H94ClN7O16S5. The Morgan fingerprint density at radius 3 is 1.17 bits per heavy atom. The fourth-order valence-electron chi connectivity index (χ4n) is 5.83. The van der Waals surface area contributed by atoms with Crippen LogP contribution in [0, 0.1) is 37.0 Å². The standard InChI is InChI=1S/C14H24N2O4S.C10H20N2O2.C9H16N2O2S.C6H15N.C4H5ClO2S.C2H6.2CH4O3S/c1-5-6-11-21(18,19)16-9-7-12(8-10-16)15-13(17)20-14(2,3)4;1-10(2,3)14-9(13)12-8-4-6-11-7-5-8;1-2-3-8-14(12,13)11-6-4-9(10)5-7-11;1-4-7(5-2)6-3;1-2-3-4-8(5,6)7;1-2;2*1-5(2,3)4/h1,12H,6-11H2,2-4H3,(H,15,17);8,11H,4-7H2,1-3H3,(H,12,13);1,9H,3-8,10H2;4-6H2,1-3H3;1H,3-4H2;1-2H3;2*1H3,(H,2,3,4)/i;;;;;1D;;. The van der Waals surface area contributed by atoms with Gasteiger partial charge in [-0.25, -0.2) is 43.5 Å². The van der Waals surface area contributed by atoms with Crippen LogP contribution in [0.4, 0.5) is 9.59 Å². The second-order valence-corrected chi connectivity index (χ2v) is 28.6. The minimum Gasteiger partial charge on any atom is -0.444 e. The number of nitrogens with one attached hydrogen (secondary N) is 3. The summed E-state index contributed by atoms with van der Waals surface area (Å²) in [7, 11) is -12.3. The lowest BCUT2D eigenvalue weighted by Crippen LogP contribution is -2.48. The predicted octanol–water partition coefficient (Wildman–Crippen LogP) is 4.31. The molecule has 0 atom stereocenters. The molecule has 0 radical (unpaired) electrons. The average molecular weight is 1210 g/mol. The number of rotatable bonds is 13. The monoisotopic (exact) mass is 1210 g/mol. The molecule has 0 spiro atoms. The first-order valence-corrected chi connectivity index (χ1v) is 33.9. The molecule has 3 aliphatic heterocycles. The van der Waals surface area contributed by atoms with Crippen molar-refractivity contribution in [2.45, 2.75) is 163 Å². The Kier molecular flexibility index (Phi) is 44.8. The maximum absolute atomic E-state index is 12.0. The molecule has 3 fully saturated rings. The highest BCUT2D eigenvalue weighted by Gasteiger charge is 2.30. The number of nitrogens with zero attached hydrogens (tertiary/aromatic N) is 3. The molecule has 0 aliphatic carbocycles. The Bertz CT molecular complexity index is 2240. The van der Waals surface area contributed by atoms with Crippen LogP contribution < -0.4 is 21.7 Å². The van der Waals surface area contributed by atoms with E-state index in [0.717, 1.165) is 38.8 Å². The fourth-order valence-corrected chi connectivity index (χ4v) is 9.23. The first kappa shape index (κ1) is 79.5. The van der Waals surface area contributed by atoms with Gasteiger partial charge in [0.05, 0.1) is 29.8 Å². The number of terminal acetylenes is 3. The number of carbonyl (C=O) groups is 2. The average Bonchev–Trinajstić information content (AvgIpc) is 3.27. The van der Waals surface area contributed by atoms with Crippen molar-refractivity contribution in [1.29, 1.82) is 0 Å². The van der Waals surface area contributed by atoms with Gasteiger partial charge < -0.3 is 36.1 Å². The predicted molar refractivity (Wildman–Crippen MR) is 305 cm³/mol. The van der Waals surface area contributed by atoms with Gasteiger partial charge in [-0.3, -0.25) is 9.11 Å². The molecule has 2 amide bonds. The molecule has 450 valence electrons. The SMILES string of the molecule is C#CCCS(=O)(=O)Cl.C#CCCS(=O)(=O)N1CCC(N)CC1.C#CCCS(=O)(=O)N1CCC(NC(=O)OC(C)(C)C)CC1.CC(C)(C)OC(=O)NC1CCNCC1.CCN(CC)CC.CS(=O)(=O)O.CS(=O)(=O)O.[2H]CC. The number of amides is 2. The Balaban J connectivity index is -0.000000275. The number of alkyl carbamates (subject to hydrolysis) is 2. The van der Waals surface area contributed by atoms with Crippen molar-refractivity contribution in [2.75, 3.05) is 88.7 Å². The summed E-state index contributed by atoms with van der Waals surface area (Å²) in [5.41, 5.74) is 4.74. The van der Waals surface area contributed by atoms with Gasteiger partial charge in [0.2, 0.25) is 29.1 Å². The third-order valence-electron chi connectivity index (χ3n) is 9.36. The van der Waals surface area contributed by atoms with E-state index in [1.54, 1.807) is 27.7 Å². The third kappa shape index (κ3) is 60.2. The Morgan fingerprint density at radius 1 is 0.658 bits per heavy atom. The van der Waals surface area contributed by atoms with E-state index in [1.165, 1.54) is 28.2 Å². The normalized spacial score (nSPS) is 16.1. The second kappa shape index (κ2) is 42.9. The summed E-state index contributed by atoms with van der Waals surface area (Å²) in [5.74, 6) is 6.74. The number of carbonyl (C=O) groups excluding carboxylic acids is 2. The Hall–Kier alpha value is -3.02. The maximum Gasteiger partial charge on any atom is 0.407 e. The van der Waals surface area contributed by atoms with E-state index >= 15 is 0 Å². The molecule has 0 saturated carbocycles. The summed E-state index contributed by atoms with van der Waals surface area (Å²) in [6, 6.07) is 0.360. The van der Waals surface area contributed by atoms with Crippen molar-refractivity contribution in [3.63, 3.8) is 0 Å². The summed E-state index contributed by atoms with van der Waals surface area (Å²) in [6.45, 7) is 27.2. The molecule has 29 heteroatoms. The molecule has 3 rings (SSSR count). The van der Waals surface area contributed by atoms with Gasteiger partial charge in [-0.2, -0.15) is 16.8 Å². The van der Waals surface area contributed by atoms with Crippen molar-refractivity contribution in [2.24, 2.45) is 5.73 Å². The summed E-state index contributed by atoms with van der Waals surface area (Å²) >= 11 is 0. The summed E-state index contributed by atoms with van der Waals surface area (Å²) in [6.07, 6.45) is 20.9. The smallest absolute Gasteiger partial charge is 0.407 e. The van der Waals surface area contributed by atoms with Crippen LogP contribution in [-0.2, 0) is 58.8 Å². The lowest BCUT2D eigenvalue weighted by molar-refractivity contribution is 0.0480. The third-order valence-corrected chi connectivity index (χ3v) is 14.3. The van der Waals surface area contributed by atoms with Crippen LogP contribution in [0.5, 0.6) is 0 Å². The highest BCUT2D eigenvalue weighted by atomic mass is 35.7. The zero-order valence-electron chi connectivity index (χ0n) is 48.0. The molecule has 0 unspecified atom stereocenters. The van der Waals surface area contributed by atoms with Crippen LogP contribution in [0.2, 0.25) is 0 Å². The minimum atomic E-state index is -3.67. The van der Waals surface area contributed by atoms with Crippen LogP contribution in [0.25, 0.3) is 0 Å². The summed E-state index contributed by atoms with van der Waals surface area (Å²) in [5, 5.41) is 8.89. The molecular weight excluding hydrogens is 1110 g/mol. The van der Waals surface area contributed by atoms with Crippen molar-refractivity contribution in [3.8, 4) is 37.0 Å². The van der Waals surface area contributed by atoms with Gasteiger partial charge >= 0.3 is 12.2 Å². The zero-order chi connectivity index (χ0) is 61.3. The molecule has 0 aromatic rings. The van der Waals surface area contributed by atoms with Crippen LogP contribution in [0.15, 0.2) is 0 Å². The number of hydrogen-bond acceptors (Lipinski definition) is 17. The van der Waals surface area contributed by atoms with Crippen LogP contribution in [0.1, 0.15) is 135 Å². The van der Waals surface area contributed by atoms with E-state index < -0.39 is 66.6 Å². The highest BCUT2D eigenvalue weighted by molar-refractivity contribution is 8.13.